The average molecular weight is 497 g/mol. The number of imidazole rings is 1. The van der Waals surface area contributed by atoms with Crippen LogP contribution in [0.15, 0.2) is 42.5 Å². The maximum absolute atomic E-state index is 5.77. The Balaban J connectivity index is 0.00000193. The summed E-state index contributed by atoms with van der Waals surface area (Å²) in [6, 6.07) is 14.4. The summed E-state index contributed by atoms with van der Waals surface area (Å²) in [5.74, 6) is 2.46. The number of hydrogen-bond donors (Lipinski definition) is 1. The third kappa shape index (κ3) is 6.90. The van der Waals surface area contributed by atoms with Gasteiger partial charge in [-0.05, 0) is 43.7 Å². The van der Waals surface area contributed by atoms with Crippen molar-refractivity contribution in [3.63, 3.8) is 0 Å². The summed E-state index contributed by atoms with van der Waals surface area (Å²) in [7, 11) is 0. The minimum absolute atomic E-state index is 0. The van der Waals surface area contributed by atoms with E-state index in [4.69, 9.17) is 19.2 Å². The molecule has 0 saturated carbocycles. The van der Waals surface area contributed by atoms with Gasteiger partial charge < -0.3 is 24.1 Å². The molecule has 33 heavy (non-hydrogen) atoms. The van der Waals surface area contributed by atoms with Crippen LogP contribution in [0.3, 0.4) is 0 Å². The molecule has 0 bridgehead atoms. The van der Waals surface area contributed by atoms with Crippen molar-refractivity contribution in [1.82, 2.24) is 14.5 Å². The van der Waals surface area contributed by atoms with Crippen LogP contribution in [0.1, 0.15) is 19.4 Å². The Bertz CT molecular complexity index is 993. The standard InChI is InChI=1S/C24H32N4O3.2ClH/c1-3-30-22-10-9-19(17-23(22)31-4-2)18-25-24-26-20-7-5-6-8-21(20)28(24)12-11-27-13-15-29-16-14-27;;/h5-10,17H,3-4,11-16,18H2,1-2H3,(H,25,26);2*1H. The second-order valence-electron chi connectivity index (χ2n) is 7.53. The first-order valence-electron chi connectivity index (χ1n) is 11.2. The van der Waals surface area contributed by atoms with Gasteiger partial charge in [-0.25, -0.2) is 4.98 Å². The van der Waals surface area contributed by atoms with E-state index < -0.39 is 0 Å². The lowest BCUT2D eigenvalue weighted by atomic mass is 10.2. The van der Waals surface area contributed by atoms with E-state index in [1.54, 1.807) is 0 Å². The number of fused-ring (bicyclic) bond motifs is 1. The lowest BCUT2D eigenvalue weighted by molar-refractivity contribution is 0.0366. The van der Waals surface area contributed by atoms with Crippen molar-refractivity contribution in [3.05, 3.63) is 48.0 Å². The highest BCUT2D eigenvalue weighted by Crippen LogP contribution is 2.29. The number of ether oxygens (including phenoxy) is 3. The molecule has 1 saturated heterocycles. The molecule has 0 amide bonds. The molecule has 0 spiro atoms. The second-order valence-corrected chi connectivity index (χ2v) is 7.53. The molecule has 1 aromatic heterocycles. The van der Waals surface area contributed by atoms with E-state index in [1.165, 1.54) is 0 Å². The smallest absolute Gasteiger partial charge is 0.204 e. The number of aromatic nitrogens is 2. The van der Waals surface area contributed by atoms with E-state index in [2.05, 4.69) is 39.0 Å². The van der Waals surface area contributed by atoms with E-state index >= 15 is 0 Å². The molecule has 9 heteroatoms. The molecule has 0 atom stereocenters. The number of nitrogens with one attached hydrogen (secondary N) is 1. The minimum Gasteiger partial charge on any atom is -0.490 e. The predicted molar refractivity (Wildman–Crippen MR) is 138 cm³/mol. The zero-order valence-electron chi connectivity index (χ0n) is 19.3. The van der Waals surface area contributed by atoms with Crippen LogP contribution in [-0.2, 0) is 17.8 Å². The zero-order chi connectivity index (χ0) is 21.5. The van der Waals surface area contributed by atoms with Crippen molar-refractivity contribution >= 4 is 41.8 Å². The van der Waals surface area contributed by atoms with E-state index in [0.29, 0.717) is 19.8 Å². The van der Waals surface area contributed by atoms with Crippen molar-refractivity contribution in [2.75, 3.05) is 51.4 Å². The van der Waals surface area contributed by atoms with Crippen LogP contribution in [0.4, 0.5) is 5.95 Å². The number of halogens is 2. The molecule has 1 aliphatic rings. The van der Waals surface area contributed by atoms with Crippen molar-refractivity contribution in [2.24, 2.45) is 0 Å². The molecule has 4 rings (SSSR count). The van der Waals surface area contributed by atoms with Crippen LogP contribution in [-0.4, -0.2) is 60.5 Å². The molecular formula is C24H34Cl2N4O3. The molecule has 0 aliphatic carbocycles. The Morgan fingerprint density at radius 1 is 0.939 bits per heavy atom. The Labute approximate surface area is 208 Å². The van der Waals surface area contributed by atoms with E-state index in [9.17, 15) is 0 Å². The zero-order valence-corrected chi connectivity index (χ0v) is 20.9. The third-order valence-corrected chi connectivity index (χ3v) is 5.46. The lowest BCUT2D eigenvalue weighted by Crippen LogP contribution is -2.38. The largest absolute Gasteiger partial charge is 0.490 e. The quantitative estimate of drug-likeness (QED) is 0.441. The molecule has 2 heterocycles. The van der Waals surface area contributed by atoms with Gasteiger partial charge in [0.05, 0.1) is 37.5 Å². The Morgan fingerprint density at radius 3 is 2.42 bits per heavy atom. The lowest BCUT2D eigenvalue weighted by Gasteiger charge is -2.27. The molecule has 2 aromatic carbocycles. The van der Waals surface area contributed by atoms with Gasteiger partial charge in [0, 0.05) is 32.7 Å². The topological polar surface area (TPSA) is 60.8 Å². The van der Waals surface area contributed by atoms with Gasteiger partial charge in [0.15, 0.2) is 11.5 Å². The van der Waals surface area contributed by atoms with Gasteiger partial charge in [-0.2, -0.15) is 0 Å². The number of hydrogen-bond acceptors (Lipinski definition) is 6. The van der Waals surface area contributed by atoms with Crippen LogP contribution in [0.2, 0.25) is 0 Å². The summed E-state index contributed by atoms with van der Waals surface area (Å²) < 4.78 is 19.2. The first kappa shape index (κ1) is 27.1. The molecule has 7 nitrogen and oxygen atoms in total. The van der Waals surface area contributed by atoms with Crippen molar-refractivity contribution in [3.8, 4) is 11.5 Å². The van der Waals surface area contributed by atoms with Crippen LogP contribution >= 0.6 is 24.8 Å². The fourth-order valence-corrected chi connectivity index (χ4v) is 3.89. The van der Waals surface area contributed by atoms with Gasteiger partial charge in [-0.3, -0.25) is 4.90 Å². The fourth-order valence-electron chi connectivity index (χ4n) is 3.89. The summed E-state index contributed by atoms with van der Waals surface area (Å²) in [5, 5.41) is 3.54. The molecule has 3 aromatic rings. The molecule has 182 valence electrons. The van der Waals surface area contributed by atoms with Gasteiger partial charge in [-0.1, -0.05) is 18.2 Å². The summed E-state index contributed by atoms with van der Waals surface area (Å²) in [6.45, 7) is 11.3. The highest BCUT2D eigenvalue weighted by molar-refractivity contribution is 5.85. The summed E-state index contributed by atoms with van der Waals surface area (Å²) in [5.41, 5.74) is 3.28. The van der Waals surface area contributed by atoms with Crippen LogP contribution in [0.5, 0.6) is 11.5 Å². The summed E-state index contributed by atoms with van der Waals surface area (Å²) in [6.07, 6.45) is 0. The maximum atomic E-state index is 5.77. The van der Waals surface area contributed by atoms with Crippen LogP contribution < -0.4 is 14.8 Å². The minimum atomic E-state index is 0. The first-order valence-corrected chi connectivity index (χ1v) is 11.2. The SMILES string of the molecule is CCOc1ccc(CNc2nc3ccccc3n2CCN2CCOCC2)cc1OCC.Cl.Cl. The van der Waals surface area contributed by atoms with Gasteiger partial charge in [-0.15, -0.1) is 24.8 Å². The highest BCUT2D eigenvalue weighted by Gasteiger charge is 2.14. The number of rotatable bonds is 10. The van der Waals surface area contributed by atoms with Gasteiger partial charge in [0.2, 0.25) is 5.95 Å². The first-order chi connectivity index (χ1) is 15.3. The number of anilines is 1. The molecule has 0 unspecified atom stereocenters. The average Bonchev–Trinajstić information content (AvgIpc) is 3.16. The summed E-state index contributed by atoms with van der Waals surface area (Å²) in [4.78, 5) is 7.30. The number of para-hydroxylation sites is 2. The van der Waals surface area contributed by atoms with E-state index in [-0.39, 0.29) is 24.8 Å². The molecular weight excluding hydrogens is 463 g/mol. The molecule has 1 fully saturated rings. The predicted octanol–water partition coefficient (Wildman–Crippen LogP) is 4.62. The molecule has 1 N–H and O–H groups in total. The van der Waals surface area contributed by atoms with Gasteiger partial charge in [0.1, 0.15) is 0 Å². The molecule has 0 radical (unpaired) electrons. The Morgan fingerprint density at radius 2 is 1.67 bits per heavy atom. The van der Waals surface area contributed by atoms with E-state index in [0.717, 1.165) is 73.4 Å². The highest BCUT2D eigenvalue weighted by atomic mass is 35.5. The van der Waals surface area contributed by atoms with Crippen molar-refractivity contribution in [2.45, 2.75) is 26.9 Å². The monoisotopic (exact) mass is 496 g/mol. The van der Waals surface area contributed by atoms with Crippen LogP contribution in [0, 0.1) is 0 Å². The fraction of sp³-hybridized carbons (Fsp3) is 0.458. The van der Waals surface area contributed by atoms with Gasteiger partial charge in [0.25, 0.3) is 0 Å². The molecule has 1 aliphatic heterocycles. The van der Waals surface area contributed by atoms with Crippen molar-refractivity contribution in [1.29, 1.82) is 0 Å². The second kappa shape index (κ2) is 13.5. The Kier molecular flexibility index (Phi) is 11.1. The maximum Gasteiger partial charge on any atom is 0.204 e. The number of benzene rings is 2. The van der Waals surface area contributed by atoms with Crippen LogP contribution in [0.25, 0.3) is 11.0 Å². The Hall–Kier alpha value is -2.19. The van der Waals surface area contributed by atoms with Gasteiger partial charge >= 0.3 is 0 Å². The third-order valence-electron chi connectivity index (χ3n) is 5.46. The van der Waals surface area contributed by atoms with Crippen molar-refractivity contribution < 1.29 is 14.2 Å². The normalized spacial score (nSPS) is 13.8. The number of nitrogens with zero attached hydrogens (tertiary/aromatic N) is 3. The van der Waals surface area contributed by atoms with E-state index in [1.807, 2.05) is 32.0 Å². The summed E-state index contributed by atoms with van der Waals surface area (Å²) >= 11 is 0. The number of morpholine rings is 1.